The predicted octanol–water partition coefficient (Wildman–Crippen LogP) is 1.32. The number of thioether (sulfide) groups is 1. The molecule has 1 heterocycles. The van der Waals surface area contributed by atoms with Crippen LogP contribution in [0.2, 0.25) is 0 Å². The fraction of sp³-hybridized carbons (Fsp3) is 0.556. The molecule has 6 nitrogen and oxygen atoms in total. The van der Waals surface area contributed by atoms with E-state index in [0.717, 1.165) is 56.3 Å². The molecule has 0 aromatic heterocycles. The van der Waals surface area contributed by atoms with Gasteiger partial charge in [0.25, 0.3) is 0 Å². The lowest BCUT2D eigenvalue weighted by molar-refractivity contribution is -0.908. The Morgan fingerprint density at radius 2 is 1.84 bits per heavy atom. The van der Waals surface area contributed by atoms with Crippen LogP contribution in [0.1, 0.15) is 26.7 Å². The lowest BCUT2D eigenvalue weighted by atomic mass is 10.3. The molecule has 1 aromatic carbocycles. The molecule has 0 amide bonds. The Morgan fingerprint density at radius 3 is 2.52 bits per heavy atom. The Kier molecular flexibility index (Phi) is 8.24. The molecule has 0 unspecified atom stereocenters. The lowest BCUT2D eigenvalue weighted by Crippen LogP contribution is -3.14. The molecule has 1 aromatic rings. The van der Waals surface area contributed by atoms with Gasteiger partial charge in [-0.15, -0.1) is 11.8 Å². The third-order valence-corrected chi connectivity index (χ3v) is 4.94. The van der Waals surface area contributed by atoms with Gasteiger partial charge in [-0.2, -0.15) is 0 Å². The van der Waals surface area contributed by atoms with Crippen molar-refractivity contribution in [2.24, 2.45) is 0 Å². The number of morpholine rings is 1. The van der Waals surface area contributed by atoms with E-state index in [1.165, 1.54) is 13.8 Å². The molecule has 138 valence electrons. The van der Waals surface area contributed by atoms with Crippen molar-refractivity contribution in [1.29, 1.82) is 0 Å². The molecule has 1 aliphatic heterocycles. The molecule has 2 rings (SSSR count). The van der Waals surface area contributed by atoms with Crippen molar-refractivity contribution in [3.05, 3.63) is 18.2 Å². The second kappa shape index (κ2) is 10.4. The van der Waals surface area contributed by atoms with Crippen LogP contribution in [0, 0.1) is 0 Å². The topological polar surface area (TPSA) is 66.3 Å². The number of esters is 2. The Morgan fingerprint density at radius 1 is 1.12 bits per heavy atom. The number of ether oxygens (including phenoxy) is 3. The predicted molar refractivity (Wildman–Crippen MR) is 95.4 cm³/mol. The zero-order chi connectivity index (χ0) is 18.1. The third-order valence-electron chi connectivity index (χ3n) is 3.81. The number of nitrogens with one attached hydrogen (secondary N) is 1. The summed E-state index contributed by atoms with van der Waals surface area (Å²) in [4.78, 5) is 24.8. The van der Waals surface area contributed by atoms with E-state index in [1.54, 1.807) is 34.9 Å². The fourth-order valence-electron chi connectivity index (χ4n) is 2.64. The van der Waals surface area contributed by atoms with E-state index in [1.807, 2.05) is 0 Å². The van der Waals surface area contributed by atoms with Crippen molar-refractivity contribution in [2.75, 3.05) is 38.6 Å². The summed E-state index contributed by atoms with van der Waals surface area (Å²) in [5.41, 5.74) is 0. The number of hydrogen-bond donors (Lipinski definition) is 1. The summed E-state index contributed by atoms with van der Waals surface area (Å²) in [6.45, 7) is 7.80. The number of carbonyl (C=O) groups excluding carboxylic acids is 2. The second-order valence-corrected chi connectivity index (χ2v) is 7.10. The van der Waals surface area contributed by atoms with Crippen LogP contribution in [0.5, 0.6) is 11.5 Å². The summed E-state index contributed by atoms with van der Waals surface area (Å²) in [5, 5.41) is 0. The van der Waals surface area contributed by atoms with E-state index in [0.29, 0.717) is 11.5 Å². The van der Waals surface area contributed by atoms with Gasteiger partial charge in [0.15, 0.2) is 0 Å². The molecule has 0 saturated carbocycles. The zero-order valence-electron chi connectivity index (χ0n) is 14.8. The number of rotatable bonds is 8. The van der Waals surface area contributed by atoms with Crippen LogP contribution in [0.25, 0.3) is 0 Å². The molecule has 0 aliphatic carbocycles. The minimum atomic E-state index is -0.371. The van der Waals surface area contributed by atoms with Crippen LogP contribution in [0.15, 0.2) is 23.1 Å². The van der Waals surface area contributed by atoms with Crippen molar-refractivity contribution in [2.45, 2.75) is 31.6 Å². The lowest BCUT2D eigenvalue weighted by Gasteiger charge is -2.23. The standard InChI is InChI=1S/C18H25NO5S/c1-14(20)23-16-5-6-17(24-15(2)21)18(13-16)25-12-4-3-7-19-8-10-22-11-9-19/h5-6,13H,3-4,7-12H2,1-2H3/p+1. The average Bonchev–Trinajstić information content (AvgIpc) is 2.57. The molecular formula is C18H26NO5S+. The van der Waals surface area contributed by atoms with Gasteiger partial charge in [-0.05, 0) is 36.8 Å². The fourth-order valence-corrected chi connectivity index (χ4v) is 3.66. The van der Waals surface area contributed by atoms with Crippen LogP contribution in [-0.4, -0.2) is 50.5 Å². The maximum absolute atomic E-state index is 11.2. The maximum atomic E-state index is 11.2. The number of carbonyl (C=O) groups is 2. The molecule has 1 aliphatic rings. The van der Waals surface area contributed by atoms with Crippen molar-refractivity contribution in [1.82, 2.24) is 0 Å². The highest BCUT2D eigenvalue weighted by atomic mass is 32.2. The molecule has 1 fully saturated rings. The van der Waals surface area contributed by atoms with E-state index >= 15 is 0 Å². The SMILES string of the molecule is CC(=O)Oc1ccc(OC(C)=O)c(SCCCC[NH+]2CCOCC2)c1. The number of hydrogen-bond acceptors (Lipinski definition) is 6. The largest absolute Gasteiger partial charge is 0.427 e. The zero-order valence-corrected chi connectivity index (χ0v) is 15.7. The van der Waals surface area contributed by atoms with Gasteiger partial charge in [0.1, 0.15) is 24.6 Å². The Bertz CT molecular complexity index is 587. The molecule has 1 saturated heterocycles. The van der Waals surface area contributed by atoms with E-state index in [4.69, 9.17) is 14.2 Å². The van der Waals surface area contributed by atoms with Crippen LogP contribution in [0.4, 0.5) is 0 Å². The van der Waals surface area contributed by atoms with Gasteiger partial charge >= 0.3 is 11.9 Å². The second-order valence-electron chi connectivity index (χ2n) is 5.96. The van der Waals surface area contributed by atoms with Crippen LogP contribution in [-0.2, 0) is 14.3 Å². The van der Waals surface area contributed by atoms with Gasteiger partial charge in [-0.1, -0.05) is 0 Å². The molecule has 1 N–H and O–H groups in total. The van der Waals surface area contributed by atoms with E-state index in [9.17, 15) is 9.59 Å². The van der Waals surface area contributed by atoms with Gasteiger partial charge in [-0.3, -0.25) is 9.59 Å². The van der Waals surface area contributed by atoms with Crippen molar-refractivity contribution in [3.8, 4) is 11.5 Å². The van der Waals surface area contributed by atoms with Crippen molar-refractivity contribution >= 4 is 23.7 Å². The summed E-state index contributed by atoms with van der Waals surface area (Å²) in [6.07, 6.45) is 2.22. The highest BCUT2D eigenvalue weighted by Crippen LogP contribution is 2.33. The first kappa shape index (κ1) is 19.8. The smallest absolute Gasteiger partial charge is 0.308 e. The molecule has 0 atom stereocenters. The summed E-state index contributed by atoms with van der Waals surface area (Å²) in [6, 6.07) is 5.04. The van der Waals surface area contributed by atoms with Gasteiger partial charge in [0.2, 0.25) is 0 Å². The summed E-state index contributed by atoms with van der Waals surface area (Å²) < 4.78 is 15.7. The normalized spacial score (nSPS) is 15.0. The van der Waals surface area contributed by atoms with Crippen molar-refractivity contribution in [3.63, 3.8) is 0 Å². The summed E-state index contributed by atoms with van der Waals surface area (Å²) in [5.74, 6) is 1.15. The van der Waals surface area contributed by atoms with E-state index in [-0.39, 0.29) is 11.9 Å². The molecule has 0 spiro atoms. The minimum absolute atomic E-state index is 0.363. The van der Waals surface area contributed by atoms with Crippen LogP contribution >= 0.6 is 11.8 Å². The first-order valence-electron chi connectivity index (χ1n) is 8.59. The quantitative estimate of drug-likeness (QED) is 0.323. The summed E-state index contributed by atoms with van der Waals surface area (Å²) >= 11 is 1.61. The number of quaternary nitrogens is 1. The molecule has 0 radical (unpaired) electrons. The Hall–Kier alpha value is -1.57. The molecule has 0 bridgehead atoms. The molecule has 7 heteroatoms. The van der Waals surface area contributed by atoms with Gasteiger partial charge in [-0.25, -0.2) is 0 Å². The van der Waals surface area contributed by atoms with E-state index in [2.05, 4.69) is 0 Å². The van der Waals surface area contributed by atoms with Crippen molar-refractivity contribution < 1.29 is 28.7 Å². The highest BCUT2D eigenvalue weighted by molar-refractivity contribution is 7.99. The monoisotopic (exact) mass is 368 g/mol. The van der Waals surface area contributed by atoms with Gasteiger partial charge in [0.05, 0.1) is 24.7 Å². The Labute approximate surface area is 152 Å². The van der Waals surface area contributed by atoms with Crippen LogP contribution in [0.3, 0.4) is 0 Å². The molecular weight excluding hydrogens is 342 g/mol. The first-order chi connectivity index (χ1) is 12.0. The number of benzene rings is 1. The van der Waals surface area contributed by atoms with Gasteiger partial charge in [0, 0.05) is 13.8 Å². The van der Waals surface area contributed by atoms with Crippen LogP contribution < -0.4 is 14.4 Å². The maximum Gasteiger partial charge on any atom is 0.308 e. The average molecular weight is 368 g/mol. The Balaban J connectivity index is 1.84. The van der Waals surface area contributed by atoms with Gasteiger partial charge < -0.3 is 19.1 Å². The third kappa shape index (κ3) is 7.46. The minimum Gasteiger partial charge on any atom is -0.427 e. The van der Waals surface area contributed by atoms with E-state index < -0.39 is 0 Å². The summed E-state index contributed by atoms with van der Waals surface area (Å²) in [7, 11) is 0. The number of unbranched alkanes of at least 4 members (excludes halogenated alkanes) is 1. The first-order valence-corrected chi connectivity index (χ1v) is 9.58. The molecule has 25 heavy (non-hydrogen) atoms. The highest BCUT2D eigenvalue weighted by Gasteiger charge is 2.13.